The molecule has 0 saturated heterocycles. The molecule has 20 heavy (non-hydrogen) atoms. The predicted molar refractivity (Wildman–Crippen MR) is 78.9 cm³/mol. The van der Waals surface area contributed by atoms with E-state index >= 15 is 0 Å². The Balaban J connectivity index is 1.67. The molecular weight excluding hydrogens is 250 g/mol. The molecule has 0 fully saturated rings. The Hall–Kier alpha value is -2.56. The maximum absolute atomic E-state index is 4.36. The average Bonchev–Trinajstić information content (AvgIpc) is 3.07. The first-order valence-corrected chi connectivity index (χ1v) is 6.62. The van der Waals surface area contributed by atoms with Crippen LogP contribution in [-0.2, 0) is 20.0 Å². The van der Waals surface area contributed by atoms with Crippen LogP contribution in [-0.4, -0.2) is 19.3 Å². The summed E-state index contributed by atoms with van der Waals surface area (Å²) < 4.78 is 3.94. The highest BCUT2D eigenvalue weighted by Gasteiger charge is 2.04. The van der Waals surface area contributed by atoms with Gasteiger partial charge < -0.3 is 9.88 Å². The van der Waals surface area contributed by atoms with Crippen molar-refractivity contribution >= 4 is 11.6 Å². The highest BCUT2D eigenvalue weighted by Crippen LogP contribution is 2.14. The topological polar surface area (TPSA) is 47.7 Å². The molecule has 0 aliphatic rings. The van der Waals surface area contributed by atoms with E-state index in [1.54, 1.807) is 0 Å². The van der Waals surface area contributed by atoms with E-state index in [1.807, 2.05) is 66.8 Å². The Kier molecular flexibility index (Phi) is 3.50. The van der Waals surface area contributed by atoms with Crippen LogP contribution in [0.5, 0.6) is 0 Å². The van der Waals surface area contributed by atoms with Crippen LogP contribution in [0, 0.1) is 0 Å². The highest BCUT2D eigenvalue weighted by atomic mass is 15.2. The Morgan fingerprint density at radius 1 is 1.20 bits per heavy atom. The van der Waals surface area contributed by atoms with Gasteiger partial charge in [0.05, 0.1) is 6.20 Å². The molecule has 0 radical (unpaired) electrons. The second-order valence-electron chi connectivity index (χ2n) is 4.71. The number of benzene rings is 1. The molecule has 2 aromatic heterocycles. The molecule has 102 valence electrons. The quantitative estimate of drug-likeness (QED) is 0.773. The van der Waals surface area contributed by atoms with E-state index in [4.69, 9.17) is 0 Å². The number of anilines is 2. The summed E-state index contributed by atoms with van der Waals surface area (Å²) in [6.07, 6.45) is 8.69. The van der Waals surface area contributed by atoms with Gasteiger partial charge in [0.25, 0.3) is 0 Å². The molecule has 2 heterocycles. The Morgan fingerprint density at radius 2 is 2.05 bits per heavy atom. The van der Waals surface area contributed by atoms with Crippen LogP contribution in [0.1, 0.15) is 5.56 Å². The third-order valence-electron chi connectivity index (χ3n) is 3.15. The standard InChI is InChI=1S/C15H17N5/c1-19-12-13(11-17-19)7-9-20-10-8-16-15(20)18-14-5-3-2-4-6-14/h2-6,8,10-12H,7,9H2,1H3,(H,16,18). The number of rotatable bonds is 5. The first-order valence-electron chi connectivity index (χ1n) is 6.62. The molecule has 5 nitrogen and oxygen atoms in total. The maximum Gasteiger partial charge on any atom is 0.207 e. The SMILES string of the molecule is Cn1cc(CCn2ccnc2Nc2ccccc2)cn1. The van der Waals surface area contributed by atoms with Crippen molar-refractivity contribution in [3.8, 4) is 0 Å². The second kappa shape index (κ2) is 5.61. The van der Waals surface area contributed by atoms with Gasteiger partial charge in [-0.25, -0.2) is 4.98 Å². The normalized spacial score (nSPS) is 10.7. The van der Waals surface area contributed by atoms with Crippen LogP contribution in [0.15, 0.2) is 55.1 Å². The Bertz CT molecular complexity index is 668. The number of hydrogen-bond donors (Lipinski definition) is 1. The molecule has 0 spiro atoms. The summed E-state index contributed by atoms with van der Waals surface area (Å²) in [6, 6.07) is 10.1. The van der Waals surface area contributed by atoms with Crippen molar-refractivity contribution in [1.82, 2.24) is 19.3 Å². The molecular formula is C15H17N5. The summed E-state index contributed by atoms with van der Waals surface area (Å²) in [4.78, 5) is 4.36. The minimum absolute atomic E-state index is 0.861. The number of nitrogens with one attached hydrogen (secondary N) is 1. The van der Waals surface area contributed by atoms with Gasteiger partial charge in [-0.2, -0.15) is 5.10 Å². The van der Waals surface area contributed by atoms with Gasteiger partial charge in [0.15, 0.2) is 0 Å². The highest BCUT2D eigenvalue weighted by molar-refractivity contribution is 5.53. The van der Waals surface area contributed by atoms with Crippen molar-refractivity contribution in [2.24, 2.45) is 7.05 Å². The first-order chi connectivity index (χ1) is 9.81. The van der Waals surface area contributed by atoms with E-state index in [-0.39, 0.29) is 0 Å². The molecule has 1 N–H and O–H groups in total. The van der Waals surface area contributed by atoms with E-state index in [0.29, 0.717) is 0 Å². The number of aromatic nitrogens is 4. The molecule has 0 bridgehead atoms. The average molecular weight is 267 g/mol. The minimum Gasteiger partial charge on any atom is -0.326 e. The molecule has 0 unspecified atom stereocenters. The molecule has 3 rings (SSSR count). The number of aryl methyl sites for hydroxylation is 3. The lowest BCUT2D eigenvalue weighted by Gasteiger charge is -2.09. The van der Waals surface area contributed by atoms with Gasteiger partial charge in [-0.1, -0.05) is 18.2 Å². The fraction of sp³-hybridized carbons (Fsp3) is 0.200. The van der Waals surface area contributed by atoms with E-state index < -0.39 is 0 Å². The smallest absolute Gasteiger partial charge is 0.207 e. The van der Waals surface area contributed by atoms with Crippen molar-refractivity contribution in [2.75, 3.05) is 5.32 Å². The van der Waals surface area contributed by atoms with Gasteiger partial charge in [-0.15, -0.1) is 0 Å². The largest absolute Gasteiger partial charge is 0.326 e. The van der Waals surface area contributed by atoms with Crippen molar-refractivity contribution < 1.29 is 0 Å². The second-order valence-corrected chi connectivity index (χ2v) is 4.71. The van der Waals surface area contributed by atoms with Crippen LogP contribution in [0.2, 0.25) is 0 Å². The van der Waals surface area contributed by atoms with Crippen molar-refractivity contribution in [3.05, 3.63) is 60.7 Å². The predicted octanol–water partition coefficient (Wildman–Crippen LogP) is 2.60. The molecule has 0 saturated carbocycles. The van der Waals surface area contributed by atoms with Gasteiger partial charge >= 0.3 is 0 Å². The van der Waals surface area contributed by atoms with Crippen molar-refractivity contribution in [3.63, 3.8) is 0 Å². The van der Waals surface area contributed by atoms with Crippen molar-refractivity contribution in [2.45, 2.75) is 13.0 Å². The fourth-order valence-electron chi connectivity index (χ4n) is 2.11. The molecule has 0 aliphatic heterocycles. The zero-order valence-electron chi connectivity index (χ0n) is 11.4. The van der Waals surface area contributed by atoms with Crippen molar-refractivity contribution in [1.29, 1.82) is 0 Å². The molecule has 0 amide bonds. The lowest BCUT2D eigenvalue weighted by molar-refractivity contribution is 0.703. The summed E-state index contributed by atoms with van der Waals surface area (Å²) in [5.41, 5.74) is 2.27. The van der Waals surface area contributed by atoms with Gasteiger partial charge in [0.2, 0.25) is 5.95 Å². The van der Waals surface area contributed by atoms with Gasteiger partial charge in [-0.3, -0.25) is 4.68 Å². The van der Waals surface area contributed by atoms with Crippen LogP contribution in [0.4, 0.5) is 11.6 Å². The third kappa shape index (κ3) is 2.88. The summed E-state index contributed by atoms with van der Waals surface area (Å²) in [5.74, 6) is 0.861. The van der Waals surface area contributed by atoms with Gasteiger partial charge in [0.1, 0.15) is 0 Å². The molecule has 0 aliphatic carbocycles. The summed E-state index contributed by atoms with van der Waals surface area (Å²) in [5, 5.41) is 7.51. The monoisotopic (exact) mass is 267 g/mol. The van der Waals surface area contributed by atoms with E-state index in [2.05, 4.69) is 20.0 Å². The number of imidazole rings is 1. The van der Waals surface area contributed by atoms with E-state index in [0.717, 1.165) is 24.6 Å². The molecule has 0 atom stereocenters. The maximum atomic E-state index is 4.36. The van der Waals surface area contributed by atoms with Gasteiger partial charge in [-0.05, 0) is 24.1 Å². The minimum atomic E-state index is 0.861. The molecule has 1 aromatic carbocycles. The third-order valence-corrected chi connectivity index (χ3v) is 3.15. The number of hydrogen-bond acceptors (Lipinski definition) is 3. The van der Waals surface area contributed by atoms with Crippen LogP contribution in [0.25, 0.3) is 0 Å². The van der Waals surface area contributed by atoms with Crippen LogP contribution < -0.4 is 5.32 Å². The van der Waals surface area contributed by atoms with Gasteiger partial charge in [0, 0.05) is 37.9 Å². The summed E-state index contributed by atoms with van der Waals surface area (Å²) in [6.45, 7) is 0.876. The Morgan fingerprint density at radius 3 is 2.80 bits per heavy atom. The lowest BCUT2D eigenvalue weighted by atomic mass is 10.2. The van der Waals surface area contributed by atoms with E-state index in [1.165, 1.54) is 5.56 Å². The van der Waals surface area contributed by atoms with Crippen LogP contribution in [0.3, 0.4) is 0 Å². The Labute approximate surface area is 117 Å². The van der Waals surface area contributed by atoms with Crippen LogP contribution >= 0.6 is 0 Å². The number of nitrogens with zero attached hydrogens (tertiary/aromatic N) is 4. The zero-order valence-corrected chi connectivity index (χ0v) is 11.4. The zero-order chi connectivity index (χ0) is 13.8. The summed E-state index contributed by atoms with van der Waals surface area (Å²) in [7, 11) is 1.93. The van der Waals surface area contributed by atoms with E-state index in [9.17, 15) is 0 Å². The molecule has 3 aromatic rings. The first kappa shape index (κ1) is 12.5. The summed E-state index contributed by atoms with van der Waals surface area (Å²) >= 11 is 0. The molecule has 5 heteroatoms. The lowest BCUT2D eigenvalue weighted by Crippen LogP contribution is -2.05. The fourth-order valence-corrected chi connectivity index (χ4v) is 2.11. The number of para-hydroxylation sites is 1.